The zero-order chi connectivity index (χ0) is 36.2. The molecule has 0 radical (unpaired) electrons. The van der Waals surface area contributed by atoms with E-state index in [-0.39, 0.29) is 47.5 Å². The van der Waals surface area contributed by atoms with Crippen molar-refractivity contribution in [1.29, 1.82) is 0 Å². The molecule has 0 amide bonds. The van der Waals surface area contributed by atoms with E-state index in [4.69, 9.17) is 9.47 Å². The van der Waals surface area contributed by atoms with Gasteiger partial charge in [0.05, 0.1) is 9.79 Å². The summed E-state index contributed by atoms with van der Waals surface area (Å²) in [5.74, 6) is 2.43. The van der Waals surface area contributed by atoms with Gasteiger partial charge in [0.15, 0.2) is 0 Å². The van der Waals surface area contributed by atoms with E-state index in [0.717, 1.165) is 38.5 Å². The molecular weight excluding hydrogens is 713 g/mol. The first-order valence-electron chi connectivity index (χ1n) is 17.6. The zero-order valence-electron chi connectivity index (χ0n) is 29.9. The van der Waals surface area contributed by atoms with Crippen LogP contribution >= 0.6 is 0 Å². The molecule has 11 heteroatoms. The minimum atomic E-state index is -4.48. The number of aryl methyl sites for hydroxylation is 2. The van der Waals surface area contributed by atoms with E-state index in [1.807, 2.05) is 60.7 Å². The molecule has 0 saturated heterocycles. The number of rotatable bonds is 20. The number of unbranched alkanes of at least 4 members (excludes halogenated alkanes) is 10. The summed E-state index contributed by atoms with van der Waals surface area (Å²) in [5, 5.41) is 0. The molecule has 0 fully saturated rings. The Bertz CT molecular complexity index is 1650. The molecule has 0 aliphatic heterocycles. The van der Waals surface area contributed by atoms with E-state index in [1.54, 1.807) is 12.1 Å². The van der Waals surface area contributed by atoms with Crippen molar-refractivity contribution in [2.45, 2.75) is 114 Å². The maximum atomic E-state index is 11.5. The van der Waals surface area contributed by atoms with Crippen LogP contribution in [0.15, 0.2) is 107 Å². The van der Waals surface area contributed by atoms with Gasteiger partial charge in [-0.2, -0.15) is 0 Å². The molecule has 0 bridgehead atoms. The van der Waals surface area contributed by atoms with Crippen molar-refractivity contribution in [3.8, 4) is 23.0 Å². The second kappa shape index (κ2) is 24.0. The van der Waals surface area contributed by atoms with Crippen LogP contribution in [0.25, 0.3) is 0 Å². The van der Waals surface area contributed by atoms with Gasteiger partial charge in [-0.15, -0.1) is 0 Å². The monoisotopic (exact) mass is 762 g/mol. The topological polar surface area (TPSA) is 133 Å². The molecule has 0 atom stereocenters. The van der Waals surface area contributed by atoms with Crippen LogP contribution in [0, 0.1) is 0 Å². The average Bonchev–Trinajstić information content (AvgIpc) is 3.08. The molecule has 0 N–H and O–H groups in total. The van der Waals surface area contributed by atoms with Crippen LogP contribution in [0.2, 0.25) is 0 Å². The Hall–Kier alpha value is -2.44. The van der Waals surface area contributed by atoms with Crippen LogP contribution in [0.5, 0.6) is 23.0 Å². The number of para-hydroxylation sites is 2. The summed E-state index contributed by atoms with van der Waals surface area (Å²) in [5.41, 5.74) is 1.08. The van der Waals surface area contributed by atoms with Gasteiger partial charge in [0.25, 0.3) is 0 Å². The van der Waals surface area contributed by atoms with Crippen molar-refractivity contribution in [3.05, 3.63) is 108 Å². The minimum absolute atomic E-state index is 0. The Labute approximate surface area is 335 Å². The second-order valence-corrected chi connectivity index (χ2v) is 15.0. The van der Waals surface area contributed by atoms with Gasteiger partial charge in [-0.1, -0.05) is 114 Å². The van der Waals surface area contributed by atoms with Crippen molar-refractivity contribution >= 4 is 58.0 Å². The number of hydrogen-bond acceptors (Lipinski definition) is 8. The van der Waals surface area contributed by atoms with Crippen molar-refractivity contribution in [2.24, 2.45) is 0 Å². The summed E-state index contributed by atoms with van der Waals surface area (Å²) in [6.45, 7) is 4.34. The van der Waals surface area contributed by atoms with Crippen LogP contribution in [-0.4, -0.2) is 63.7 Å². The van der Waals surface area contributed by atoms with Crippen LogP contribution in [0.1, 0.15) is 102 Å². The van der Waals surface area contributed by atoms with E-state index in [9.17, 15) is 25.9 Å². The Morgan fingerprint density at radius 1 is 0.451 bits per heavy atom. The maximum absolute atomic E-state index is 11.5. The van der Waals surface area contributed by atoms with Crippen molar-refractivity contribution in [2.75, 3.05) is 0 Å². The normalized spacial score (nSPS) is 11.2. The van der Waals surface area contributed by atoms with Crippen molar-refractivity contribution in [1.82, 2.24) is 0 Å². The molecule has 0 saturated carbocycles. The smallest absolute Gasteiger partial charge is 0.744 e. The van der Waals surface area contributed by atoms with Gasteiger partial charge in [0.1, 0.15) is 43.2 Å². The molecule has 8 nitrogen and oxygen atoms in total. The molecule has 0 spiro atoms. The predicted octanol–water partition coefficient (Wildman–Crippen LogP) is 10.2. The summed E-state index contributed by atoms with van der Waals surface area (Å²) in [6, 6.07) is 27.7. The molecule has 4 aromatic rings. The summed E-state index contributed by atoms with van der Waals surface area (Å²) in [4.78, 5) is -0.275. The van der Waals surface area contributed by atoms with E-state index in [2.05, 4.69) is 13.8 Å². The predicted molar refractivity (Wildman–Crippen MR) is 202 cm³/mol. The molecule has 0 aromatic heterocycles. The van der Waals surface area contributed by atoms with E-state index < -0.39 is 20.2 Å². The summed E-state index contributed by atoms with van der Waals surface area (Å²) in [6.07, 6.45) is 14.4. The SMILES string of the molecule is CCCCCCCCc1cc(Oc2ccccc2)ccc1S(=O)(=O)[O-].CCCCCCCCc1cc(Oc2ccccc2)ccc1S(=O)(=O)[O-].[Ca+2]. The molecule has 272 valence electrons. The maximum Gasteiger partial charge on any atom is 2.00 e. The van der Waals surface area contributed by atoms with Gasteiger partial charge in [-0.05, 0) is 97.5 Å². The molecule has 4 aromatic carbocycles. The van der Waals surface area contributed by atoms with Crippen molar-refractivity contribution < 1.29 is 35.4 Å². The van der Waals surface area contributed by atoms with Gasteiger partial charge >= 0.3 is 37.7 Å². The molecule has 0 aliphatic carbocycles. The Kier molecular flexibility index (Phi) is 21.0. The fourth-order valence-electron chi connectivity index (χ4n) is 5.56. The summed E-state index contributed by atoms with van der Waals surface area (Å²) in [7, 11) is -8.96. The number of benzene rings is 4. The van der Waals surface area contributed by atoms with Crippen LogP contribution in [0.4, 0.5) is 0 Å². The quantitative estimate of drug-likeness (QED) is 0.0494. The average molecular weight is 763 g/mol. The van der Waals surface area contributed by atoms with E-state index in [1.165, 1.54) is 62.8 Å². The fraction of sp³-hybridized carbons (Fsp3) is 0.400. The van der Waals surface area contributed by atoms with Crippen LogP contribution in [0.3, 0.4) is 0 Å². The fourth-order valence-corrected chi connectivity index (χ4v) is 6.99. The Morgan fingerprint density at radius 2 is 0.784 bits per heavy atom. The molecule has 4 rings (SSSR count). The molecular formula is C40H50CaO8S2. The van der Waals surface area contributed by atoms with Gasteiger partial charge < -0.3 is 18.6 Å². The minimum Gasteiger partial charge on any atom is -0.744 e. The van der Waals surface area contributed by atoms with Crippen LogP contribution in [-0.2, 0) is 33.1 Å². The first kappa shape index (κ1) is 44.7. The molecule has 0 heterocycles. The van der Waals surface area contributed by atoms with Gasteiger partial charge in [-0.25, -0.2) is 16.8 Å². The Morgan fingerprint density at radius 3 is 1.12 bits per heavy atom. The third kappa shape index (κ3) is 17.3. The second-order valence-electron chi connectivity index (χ2n) is 12.3. The van der Waals surface area contributed by atoms with E-state index >= 15 is 0 Å². The largest absolute Gasteiger partial charge is 2.00 e. The third-order valence-corrected chi connectivity index (χ3v) is 10.0. The molecule has 0 unspecified atom stereocenters. The number of hydrogen-bond donors (Lipinski definition) is 0. The number of ether oxygens (including phenoxy) is 2. The summed E-state index contributed by atoms with van der Waals surface area (Å²) < 4.78 is 80.5. The third-order valence-electron chi connectivity index (χ3n) is 8.16. The summed E-state index contributed by atoms with van der Waals surface area (Å²) >= 11 is 0. The Balaban J connectivity index is 0.000000347. The molecule has 0 aliphatic rings. The van der Waals surface area contributed by atoms with Gasteiger partial charge in [0, 0.05) is 0 Å². The zero-order valence-corrected chi connectivity index (χ0v) is 33.8. The molecule has 51 heavy (non-hydrogen) atoms. The van der Waals surface area contributed by atoms with Gasteiger partial charge in [-0.3, -0.25) is 0 Å². The van der Waals surface area contributed by atoms with Crippen LogP contribution < -0.4 is 9.47 Å². The standard InChI is InChI=1S/2C20H26O4S.Ca/c2*1-2-3-4-5-6-8-11-17-16-19(14-15-20(17)25(21,22)23)24-18-12-9-7-10-13-18;/h2*7,9-10,12-16H,2-6,8,11H2,1H3,(H,21,22,23);/q;;+2/p-2. The van der Waals surface area contributed by atoms with Gasteiger partial charge in [0.2, 0.25) is 0 Å². The first-order valence-corrected chi connectivity index (χ1v) is 20.5. The van der Waals surface area contributed by atoms with E-state index in [0.29, 0.717) is 47.0 Å². The first-order chi connectivity index (χ1) is 24.0. The van der Waals surface area contributed by atoms with Crippen molar-refractivity contribution in [3.63, 3.8) is 0 Å².